The van der Waals surface area contributed by atoms with Gasteiger partial charge in [-0.05, 0) is 30.2 Å². The highest BCUT2D eigenvalue weighted by molar-refractivity contribution is 5.41. The minimum Gasteiger partial charge on any atom is -0.491 e. The lowest BCUT2D eigenvalue weighted by atomic mass is 10.2. The molecule has 140 valence electrons. The molecule has 1 atom stereocenters. The number of imidazole rings is 1. The van der Waals surface area contributed by atoms with Gasteiger partial charge in [0.05, 0.1) is 6.54 Å². The summed E-state index contributed by atoms with van der Waals surface area (Å²) in [6, 6.07) is 9.10. The fourth-order valence-corrected chi connectivity index (χ4v) is 2.45. The summed E-state index contributed by atoms with van der Waals surface area (Å²) in [5.74, 6) is 8.17. The molecular formula is C20H22N4O3. The summed E-state index contributed by atoms with van der Waals surface area (Å²) >= 11 is 0. The van der Waals surface area contributed by atoms with Crippen molar-refractivity contribution in [3.8, 4) is 17.6 Å². The van der Waals surface area contributed by atoms with Gasteiger partial charge in [0.15, 0.2) is 0 Å². The topological polar surface area (TPSA) is 99.3 Å². The van der Waals surface area contributed by atoms with E-state index in [4.69, 9.17) is 15.0 Å². The fraction of sp³-hybridized carbons (Fsp3) is 0.300. The first-order valence-corrected chi connectivity index (χ1v) is 8.76. The molecule has 0 aliphatic carbocycles. The van der Waals surface area contributed by atoms with Crippen LogP contribution < -0.4 is 10.5 Å². The van der Waals surface area contributed by atoms with E-state index in [0.717, 1.165) is 23.5 Å². The number of nitrogens with zero attached hydrogens (tertiary/aromatic N) is 3. The van der Waals surface area contributed by atoms with Gasteiger partial charge in [-0.1, -0.05) is 18.0 Å². The second-order valence-corrected chi connectivity index (χ2v) is 5.98. The molecule has 1 aromatic carbocycles. The molecular weight excluding hydrogens is 344 g/mol. The SMILES string of the molecule is CCc1nccn1Cc1cc(C#Cc2ccc(OCC(O)CN)cc2)on1. The molecule has 7 heteroatoms. The third-order valence-corrected chi connectivity index (χ3v) is 3.91. The normalized spacial score (nSPS) is 11.7. The Hall–Kier alpha value is -3.08. The van der Waals surface area contributed by atoms with E-state index >= 15 is 0 Å². The van der Waals surface area contributed by atoms with Gasteiger partial charge in [-0.25, -0.2) is 4.98 Å². The summed E-state index contributed by atoms with van der Waals surface area (Å²) in [6.45, 7) is 3.01. The molecule has 0 spiro atoms. The quantitative estimate of drug-likeness (QED) is 0.616. The number of benzene rings is 1. The van der Waals surface area contributed by atoms with Crippen LogP contribution in [-0.2, 0) is 13.0 Å². The number of rotatable bonds is 7. The van der Waals surface area contributed by atoms with E-state index in [0.29, 0.717) is 18.1 Å². The molecule has 0 bridgehead atoms. The van der Waals surface area contributed by atoms with E-state index < -0.39 is 6.10 Å². The van der Waals surface area contributed by atoms with Gasteiger partial charge in [-0.2, -0.15) is 0 Å². The number of aliphatic hydroxyl groups excluding tert-OH is 1. The van der Waals surface area contributed by atoms with Crippen molar-refractivity contribution in [2.45, 2.75) is 26.0 Å². The first-order valence-electron chi connectivity index (χ1n) is 8.76. The number of hydrogen-bond donors (Lipinski definition) is 2. The Morgan fingerprint density at radius 3 is 2.85 bits per heavy atom. The van der Waals surface area contributed by atoms with Gasteiger partial charge in [-0.15, -0.1) is 0 Å². The van der Waals surface area contributed by atoms with Crippen molar-refractivity contribution >= 4 is 0 Å². The van der Waals surface area contributed by atoms with Crippen LogP contribution in [0.1, 0.15) is 29.8 Å². The Balaban J connectivity index is 1.60. The van der Waals surface area contributed by atoms with Gasteiger partial charge in [0, 0.05) is 37.0 Å². The van der Waals surface area contributed by atoms with Gasteiger partial charge >= 0.3 is 0 Å². The summed E-state index contributed by atoms with van der Waals surface area (Å²) < 4.78 is 12.8. The Morgan fingerprint density at radius 2 is 2.11 bits per heavy atom. The van der Waals surface area contributed by atoms with Crippen LogP contribution in [0, 0.1) is 11.8 Å². The lowest BCUT2D eigenvalue weighted by Crippen LogP contribution is -2.26. The zero-order valence-electron chi connectivity index (χ0n) is 15.1. The second kappa shape index (κ2) is 9.03. The van der Waals surface area contributed by atoms with E-state index in [1.807, 2.05) is 29.0 Å². The molecule has 0 aliphatic rings. The molecule has 0 amide bonds. The van der Waals surface area contributed by atoms with Crippen LogP contribution in [-0.4, -0.2) is 39.1 Å². The van der Waals surface area contributed by atoms with Crippen LogP contribution in [0.4, 0.5) is 0 Å². The lowest BCUT2D eigenvalue weighted by molar-refractivity contribution is 0.114. The van der Waals surface area contributed by atoms with E-state index in [1.54, 1.807) is 18.3 Å². The molecule has 2 heterocycles. The Labute approximate surface area is 157 Å². The Bertz CT molecular complexity index is 919. The highest BCUT2D eigenvalue weighted by Gasteiger charge is 2.06. The largest absolute Gasteiger partial charge is 0.491 e. The minimum absolute atomic E-state index is 0.166. The van der Waals surface area contributed by atoms with Crippen molar-refractivity contribution in [3.05, 3.63) is 65.6 Å². The summed E-state index contributed by atoms with van der Waals surface area (Å²) in [4.78, 5) is 4.29. The number of aryl methyl sites for hydroxylation is 1. The highest BCUT2D eigenvalue weighted by Crippen LogP contribution is 2.12. The molecule has 3 aromatic rings. The molecule has 2 aromatic heterocycles. The van der Waals surface area contributed by atoms with E-state index in [9.17, 15) is 5.11 Å². The van der Waals surface area contributed by atoms with Crippen molar-refractivity contribution in [1.29, 1.82) is 0 Å². The van der Waals surface area contributed by atoms with Crippen LogP contribution >= 0.6 is 0 Å². The first-order chi connectivity index (χ1) is 13.2. The summed E-state index contributed by atoms with van der Waals surface area (Å²) in [7, 11) is 0. The predicted molar refractivity (Wildman–Crippen MR) is 100 cm³/mol. The first kappa shape index (κ1) is 18.7. The smallest absolute Gasteiger partial charge is 0.210 e. The molecule has 0 aliphatic heterocycles. The molecule has 3 rings (SSSR count). The molecule has 0 fully saturated rings. The van der Waals surface area contributed by atoms with Crippen molar-refractivity contribution < 1.29 is 14.4 Å². The maximum atomic E-state index is 9.40. The van der Waals surface area contributed by atoms with Crippen molar-refractivity contribution in [2.75, 3.05) is 13.2 Å². The average molecular weight is 366 g/mol. The summed E-state index contributed by atoms with van der Waals surface area (Å²) in [5.41, 5.74) is 6.96. The molecule has 0 radical (unpaired) electrons. The van der Waals surface area contributed by atoms with Crippen molar-refractivity contribution in [2.24, 2.45) is 5.73 Å². The Kier molecular flexibility index (Phi) is 6.26. The number of aromatic nitrogens is 3. The highest BCUT2D eigenvalue weighted by atomic mass is 16.5. The van der Waals surface area contributed by atoms with Crippen LogP contribution in [0.25, 0.3) is 0 Å². The van der Waals surface area contributed by atoms with Gasteiger partial charge in [0.2, 0.25) is 5.76 Å². The van der Waals surface area contributed by atoms with Gasteiger partial charge < -0.3 is 24.7 Å². The van der Waals surface area contributed by atoms with Gasteiger partial charge in [-0.3, -0.25) is 0 Å². The van der Waals surface area contributed by atoms with Crippen LogP contribution in [0.5, 0.6) is 5.75 Å². The fourth-order valence-electron chi connectivity index (χ4n) is 2.45. The number of ether oxygens (including phenoxy) is 1. The molecule has 7 nitrogen and oxygen atoms in total. The van der Waals surface area contributed by atoms with Crippen molar-refractivity contribution in [3.63, 3.8) is 0 Å². The summed E-state index contributed by atoms with van der Waals surface area (Å²) in [6.07, 6.45) is 3.90. The summed E-state index contributed by atoms with van der Waals surface area (Å²) in [5, 5.41) is 13.5. The average Bonchev–Trinajstić information content (AvgIpc) is 3.34. The van der Waals surface area contributed by atoms with E-state index in [2.05, 4.69) is 28.9 Å². The van der Waals surface area contributed by atoms with Gasteiger partial charge in [0.1, 0.15) is 30.0 Å². The molecule has 27 heavy (non-hydrogen) atoms. The number of nitrogens with two attached hydrogens (primary N) is 1. The van der Waals surface area contributed by atoms with Crippen LogP contribution in [0.3, 0.4) is 0 Å². The van der Waals surface area contributed by atoms with Gasteiger partial charge in [0.25, 0.3) is 0 Å². The third-order valence-electron chi connectivity index (χ3n) is 3.91. The predicted octanol–water partition coefficient (Wildman–Crippen LogP) is 1.58. The maximum Gasteiger partial charge on any atom is 0.210 e. The standard InChI is InChI=1S/C20H22N4O3/c1-2-20-22-9-10-24(20)13-16-11-19(27-23-16)8-5-15-3-6-18(7-4-15)26-14-17(25)12-21/h3-4,6-7,9-11,17,25H,2,12-14,21H2,1H3. The number of hydrogen-bond acceptors (Lipinski definition) is 6. The van der Waals surface area contributed by atoms with Crippen LogP contribution in [0.2, 0.25) is 0 Å². The lowest BCUT2D eigenvalue weighted by Gasteiger charge is -2.09. The molecule has 0 saturated heterocycles. The van der Waals surface area contributed by atoms with E-state index in [-0.39, 0.29) is 13.2 Å². The number of aliphatic hydroxyl groups is 1. The zero-order chi connectivity index (χ0) is 19.1. The van der Waals surface area contributed by atoms with E-state index in [1.165, 1.54) is 0 Å². The molecule has 3 N–H and O–H groups in total. The van der Waals surface area contributed by atoms with Crippen molar-refractivity contribution in [1.82, 2.24) is 14.7 Å². The zero-order valence-corrected chi connectivity index (χ0v) is 15.1. The molecule has 0 saturated carbocycles. The maximum absolute atomic E-state index is 9.40. The minimum atomic E-state index is -0.666. The second-order valence-electron chi connectivity index (χ2n) is 5.98. The monoisotopic (exact) mass is 366 g/mol. The molecule has 1 unspecified atom stereocenters. The van der Waals surface area contributed by atoms with Crippen LogP contribution in [0.15, 0.2) is 47.2 Å². The third kappa shape index (κ3) is 5.20. The Morgan fingerprint density at radius 1 is 1.30 bits per heavy atom.